The molecule has 0 saturated heterocycles. The van der Waals surface area contributed by atoms with Gasteiger partial charge in [0, 0.05) is 12.1 Å². The van der Waals surface area contributed by atoms with Crippen molar-refractivity contribution >= 4 is 10.9 Å². The normalized spacial score (nSPS) is 11.2. The fraction of sp³-hybridized carbons (Fsp3) is 0.538. The van der Waals surface area contributed by atoms with Gasteiger partial charge in [-0.1, -0.05) is 134 Å². The second kappa shape index (κ2) is 22.0. The van der Waals surface area contributed by atoms with Gasteiger partial charge in [-0.05, 0) is 43.5 Å². The van der Waals surface area contributed by atoms with Gasteiger partial charge in [0.05, 0.1) is 19.8 Å². The van der Waals surface area contributed by atoms with Gasteiger partial charge in [0.25, 0.3) is 0 Å². The summed E-state index contributed by atoms with van der Waals surface area (Å²) < 4.78 is 19.8. The summed E-state index contributed by atoms with van der Waals surface area (Å²) in [6.07, 6.45) is 18.2. The SMILES string of the molecule is CCCCCCCOc1cc(OCCCCCCC)c([S+](c2ccccc2)c2ccccc2)c(OCCCCCCC)c1. The zero-order valence-corrected chi connectivity index (χ0v) is 28.1. The molecule has 0 atom stereocenters. The van der Waals surface area contributed by atoms with Gasteiger partial charge in [0.1, 0.15) is 16.6 Å². The van der Waals surface area contributed by atoms with Crippen LogP contribution in [0.4, 0.5) is 0 Å². The average molecular weight is 606 g/mol. The van der Waals surface area contributed by atoms with Crippen LogP contribution >= 0.6 is 0 Å². The topological polar surface area (TPSA) is 27.7 Å². The first-order valence-corrected chi connectivity index (χ1v) is 18.4. The van der Waals surface area contributed by atoms with E-state index in [0.29, 0.717) is 13.2 Å². The van der Waals surface area contributed by atoms with E-state index in [2.05, 4.69) is 93.6 Å². The number of ether oxygens (including phenoxy) is 3. The Morgan fingerprint density at radius 3 is 1.21 bits per heavy atom. The molecule has 4 heteroatoms. The highest BCUT2D eigenvalue weighted by atomic mass is 32.2. The van der Waals surface area contributed by atoms with Crippen LogP contribution in [0.25, 0.3) is 0 Å². The van der Waals surface area contributed by atoms with E-state index in [1.54, 1.807) is 0 Å². The fourth-order valence-electron chi connectivity index (χ4n) is 5.21. The Bertz CT molecular complexity index is 1030. The van der Waals surface area contributed by atoms with E-state index in [1.165, 1.54) is 86.8 Å². The molecular weight excluding hydrogens is 548 g/mol. The Morgan fingerprint density at radius 1 is 0.442 bits per heavy atom. The highest BCUT2D eigenvalue weighted by Gasteiger charge is 2.37. The fourth-order valence-corrected chi connectivity index (χ4v) is 7.45. The van der Waals surface area contributed by atoms with Gasteiger partial charge < -0.3 is 14.2 Å². The molecule has 0 amide bonds. The third-order valence-corrected chi connectivity index (χ3v) is 9.98. The molecule has 0 heterocycles. The van der Waals surface area contributed by atoms with Crippen LogP contribution in [0, 0.1) is 0 Å². The molecule has 0 bridgehead atoms. The van der Waals surface area contributed by atoms with Crippen molar-refractivity contribution in [3.05, 3.63) is 72.8 Å². The molecule has 43 heavy (non-hydrogen) atoms. The molecule has 3 rings (SSSR count). The van der Waals surface area contributed by atoms with Crippen molar-refractivity contribution in [1.29, 1.82) is 0 Å². The molecule has 0 aliphatic heterocycles. The molecule has 0 aliphatic rings. The molecule has 0 N–H and O–H groups in total. The van der Waals surface area contributed by atoms with Crippen LogP contribution < -0.4 is 14.2 Å². The summed E-state index contributed by atoms with van der Waals surface area (Å²) in [5, 5.41) is 0. The Labute approximate surface area is 266 Å². The van der Waals surface area contributed by atoms with E-state index in [4.69, 9.17) is 14.2 Å². The van der Waals surface area contributed by atoms with Crippen LogP contribution in [0.15, 0.2) is 87.5 Å². The molecule has 0 spiro atoms. The third kappa shape index (κ3) is 12.9. The first-order chi connectivity index (χ1) is 21.3. The van der Waals surface area contributed by atoms with Gasteiger partial charge in [-0.3, -0.25) is 0 Å². The van der Waals surface area contributed by atoms with Gasteiger partial charge in [0.2, 0.25) is 4.90 Å². The maximum Gasteiger partial charge on any atom is 0.250 e. The summed E-state index contributed by atoms with van der Waals surface area (Å²) in [5.41, 5.74) is 0. The lowest BCUT2D eigenvalue weighted by Crippen LogP contribution is -2.12. The minimum atomic E-state index is -0.383. The predicted octanol–water partition coefficient (Wildman–Crippen LogP) is 11.8. The van der Waals surface area contributed by atoms with E-state index in [-0.39, 0.29) is 10.9 Å². The molecule has 3 nitrogen and oxygen atoms in total. The van der Waals surface area contributed by atoms with Crippen LogP contribution in [-0.4, -0.2) is 19.8 Å². The minimum absolute atomic E-state index is 0.383. The second-order valence-electron chi connectivity index (χ2n) is 11.5. The van der Waals surface area contributed by atoms with Crippen LogP contribution in [0.3, 0.4) is 0 Å². The summed E-state index contributed by atoms with van der Waals surface area (Å²) in [4.78, 5) is 3.66. The summed E-state index contributed by atoms with van der Waals surface area (Å²) >= 11 is 0. The minimum Gasteiger partial charge on any atom is -0.493 e. The maximum atomic E-state index is 6.69. The lowest BCUT2D eigenvalue weighted by molar-refractivity contribution is 0.266. The molecule has 0 aliphatic carbocycles. The zero-order chi connectivity index (χ0) is 30.4. The highest BCUT2D eigenvalue weighted by Crippen LogP contribution is 2.45. The van der Waals surface area contributed by atoms with Crippen molar-refractivity contribution in [3.63, 3.8) is 0 Å². The van der Waals surface area contributed by atoms with Crippen molar-refractivity contribution in [2.45, 2.75) is 132 Å². The average Bonchev–Trinajstić information content (AvgIpc) is 3.04. The smallest absolute Gasteiger partial charge is 0.250 e. The molecule has 0 fully saturated rings. The molecule has 3 aromatic rings. The number of hydrogen-bond acceptors (Lipinski definition) is 3. The lowest BCUT2D eigenvalue weighted by Gasteiger charge is -2.19. The van der Waals surface area contributed by atoms with Crippen molar-refractivity contribution in [2.75, 3.05) is 19.8 Å². The molecule has 0 aromatic heterocycles. The molecular formula is C39H57O3S+. The largest absolute Gasteiger partial charge is 0.493 e. The Morgan fingerprint density at radius 2 is 0.814 bits per heavy atom. The molecule has 0 unspecified atom stereocenters. The molecule has 0 radical (unpaired) electrons. The maximum absolute atomic E-state index is 6.69. The summed E-state index contributed by atoms with van der Waals surface area (Å²) in [6.45, 7) is 8.91. The van der Waals surface area contributed by atoms with E-state index < -0.39 is 0 Å². The van der Waals surface area contributed by atoms with Gasteiger partial charge in [-0.25, -0.2) is 0 Å². The van der Waals surface area contributed by atoms with Crippen LogP contribution in [-0.2, 0) is 10.9 Å². The van der Waals surface area contributed by atoms with E-state index >= 15 is 0 Å². The second-order valence-corrected chi connectivity index (χ2v) is 13.4. The van der Waals surface area contributed by atoms with Gasteiger partial charge >= 0.3 is 0 Å². The number of benzene rings is 3. The van der Waals surface area contributed by atoms with E-state index in [1.807, 2.05) is 0 Å². The highest BCUT2D eigenvalue weighted by molar-refractivity contribution is 7.97. The van der Waals surface area contributed by atoms with Crippen molar-refractivity contribution in [1.82, 2.24) is 0 Å². The Kier molecular flexibility index (Phi) is 17.9. The Balaban J connectivity index is 1.97. The van der Waals surface area contributed by atoms with Crippen LogP contribution in [0.5, 0.6) is 17.2 Å². The number of hydrogen-bond donors (Lipinski definition) is 0. The third-order valence-electron chi connectivity index (χ3n) is 7.68. The van der Waals surface area contributed by atoms with Crippen LogP contribution in [0.2, 0.25) is 0 Å². The van der Waals surface area contributed by atoms with Gasteiger partial charge in [-0.2, -0.15) is 0 Å². The monoisotopic (exact) mass is 605 g/mol. The van der Waals surface area contributed by atoms with Crippen LogP contribution in [0.1, 0.15) is 117 Å². The number of unbranched alkanes of at least 4 members (excludes halogenated alkanes) is 12. The molecule has 3 aromatic carbocycles. The molecule has 236 valence electrons. The van der Waals surface area contributed by atoms with Crippen molar-refractivity contribution < 1.29 is 14.2 Å². The first-order valence-electron chi connectivity index (χ1n) is 17.2. The summed E-state index contributed by atoms with van der Waals surface area (Å²) in [5.74, 6) is 2.65. The summed E-state index contributed by atoms with van der Waals surface area (Å²) in [7, 11) is -0.383. The standard InChI is InChI=1S/C39H57O3S/c1-4-7-10-13-22-29-40-34-32-37(41-30-23-14-11-8-5-2)39(38(33-34)42-31-24-15-12-9-6-3)43(35-25-18-16-19-26-35)36-27-20-17-21-28-36/h16-21,25-28,32-33H,4-15,22-24,29-31H2,1-3H3/q+1. The quantitative estimate of drug-likeness (QED) is 0.0751. The summed E-state index contributed by atoms with van der Waals surface area (Å²) in [6, 6.07) is 25.9. The van der Waals surface area contributed by atoms with Gasteiger partial charge in [0.15, 0.2) is 21.3 Å². The van der Waals surface area contributed by atoms with Crippen molar-refractivity contribution in [2.24, 2.45) is 0 Å². The lowest BCUT2D eigenvalue weighted by atomic mass is 10.2. The molecule has 0 saturated carbocycles. The first kappa shape index (κ1) is 34.9. The number of rotatable bonds is 24. The van der Waals surface area contributed by atoms with E-state index in [0.717, 1.165) is 48.0 Å². The Hall–Kier alpha value is -2.59. The van der Waals surface area contributed by atoms with Crippen molar-refractivity contribution in [3.8, 4) is 17.2 Å². The van der Waals surface area contributed by atoms with Gasteiger partial charge in [-0.15, -0.1) is 0 Å². The predicted molar refractivity (Wildman–Crippen MR) is 184 cm³/mol. The van der Waals surface area contributed by atoms with E-state index in [9.17, 15) is 0 Å². The zero-order valence-electron chi connectivity index (χ0n) is 27.3.